The lowest BCUT2D eigenvalue weighted by Crippen LogP contribution is -2.06. The van der Waals surface area contributed by atoms with E-state index in [9.17, 15) is 5.11 Å². The molecule has 0 radical (unpaired) electrons. The number of rotatable bonds is 12. The molecule has 32 heavy (non-hydrogen) atoms. The Balaban J connectivity index is 2.49. The lowest BCUT2D eigenvalue weighted by Gasteiger charge is -2.16. The summed E-state index contributed by atoms with van der Waals surface area (Å²) in [5.74, 6) is 1.95. The molecule has 2 rings (SSSR count). The van der Waals surface area contributed by atoms with Crippen LogP contribution in [0.25, 0.3) is 12.2 Å². The molecule has 2 aromatic carbocycles. The highest BCUT2D eigenvalue weighted by Gasteiger charge is 2.14. The van der Waals surface area contributed by atoms with Crippen LogP contribution in [0.2, 0.25) is 0 Å². The number of phenolic OH excluding ortho intramolecular Hbond substituents is 1. The van der Waals surface area contributed by atoms with Gasteiger partial charge in [0.15, 0.2) is 25.1 Å². The maximum atomic E-state index is 10.1. The van der Waals surface area contributed by atoms with E-state index in [0.717, 1.165) is 16.7 Å². The van der Waals surface area contributed by atoms with E-state index in [0.29, 0.717) is 29.4 Å². The molecule has 0 aliphatic rings. The van der Waals surface area contributed by atoms with Crippen LogP contribution in [-0.4, -0.2) is 47.1 Å². The van der Waals surface area contributed by atoms with Gasteiger partial charge in [0.05, 0.1) is 14.2 Å². The third kappa shape index (κ3) is 6.93. The molecule has 0 aliphatic carbocycles. The molecular formula is C25H32O7. The van der Waals surface area contributed by atoms with Crippen LogP contribution in [-0.2, 0) is 15.9 Å². The fraction of sp³-hybridized carbons (Fsp3) is 0.360. The van der Waals surface area contributed by atoms with Crippen LogP contribution in [0, 0.1) is 0 Å². The summed E-state index contributed by atoms with van der Waals surface area (Å²) < 4.78 is 32.4. The monoisotopic (exact) mass is 444 g/mol. The van der Waals surface area contributed by atoms with Gasteiger partial charge in [0.25, 0.3) is 0 Å². The van der Waals surface area contributed by atoms with E-state index in [1.165, 1.54) is 19.8 Å². The molecule has 174 valence electrons. The number of methoxy groups -OCH3 is 4. The van der Waals surface area contributed by atoms with Crippen molar-refractivity contribution in [2.75, 3.05) is 42.0 Å². The fourth-order valence-electron chi connectivity index (χ4n) is 2.95. The quantitative estimate of drug-likeness (QED) is 0.279. The zero-order valence-electron chi connectivity index (χ0n) is 19.6. The van der Waals surface area contributed by atoms with Gasteiger partial charge in [0, 0.05) is 19.8 Å². The van der Waals surface area contributed by atoms with Gasteiger partial charge < -0.3 is 33.5 Å². The number of ether oxygens (including phenoxy) is 6. The van der Waals surface area contributed by atoms with Crippen LogP contribution in [0.15, 0.2) is 35.9 Å². The molecule has 0 atom stereocenters. The molecule has 2 aromatic rings. The van der Waals surface area contributed by atoms with Gasteiger partial charge in [-0.25, -0.2) is 0 Å². The first-order chi connectivity index (χ1) is 15.4. The van der Waals surface area contributed by atoms with Crippen molar-refractivity contribution in [2.24, 2.45) is 0 Å². The van der Waals surface area contributed by atoms with E-state index in [-0.39, 0.29) is 19.3 Å². The summed E-state index contributed by atoms with van der Waals surface area (Å²) >= 11 is 0. The molecule has 0 aliphatic heterocycles. The summed E-state index contributed by atoms with van der Waals surface area (Å²) in [6.45, 7) is 4.32. The third-order valence-corrected chi connectivity index (χ3v) is 4.54. The maximum Gasteiger partial charge on any atom is 0.200 e. The van der Waals surface area contributed by atoms with Gasteiger partial charge in [-0.1, -0.05) is 23.8 Å². The van der Waals surface area contributed by atoms with Gasteiger partial charge in [-0.2, -0.15) is 0 Å². The average molecular weight is 445 g/mol. The van der Waals surface area contributed by atoms with Crippen LogP contribution < -0.4 is 18.9 Å². The molecule has 0 bridgehead atoms. The van der Waals surface area contributed by atoms with Crippen molar-refractivity contribution < 1.29 is 33.5 Å². The van der Waals surface area contributed by atoms with Crippen molar-refractivity contribution in [2.45, 2.75) is 20.3 Å². The third-order valence-electron chi connectivity index (χ3n) is 4.54. The van der Waals surface area contributed by atoms with E-state index in [1.807, 2.05) is 38.1 Å². The Hall–Kier alpha value is -3.16. The number of hydrogen-bond acceptors (Lipinski definition) is 7. The number of aromatic hydroxyl groups is 1. The predicted octanol–water partition coefficient (Wildman–Crippen LogP) is 5.05. The number of allylic oxidation sites excluding steroid dienone is 2. The SMILES string of the molecule is COCOc1cc(/C=C/c2cc(OC)c(O)c(OC)c2)cc(OCOC)c1CC=C(C)C. The normalized spacial score (nSPS) is 10.8. The molecule has 0 fully saturated rings. The van der Waals surface area contributed by atoms with Gasteiger partial charge in [-0.05, 0) is 55.7 Å². The van der Waals surface area contributed by atoms with Gasteiger partial charge >= 0.3 is 0 Å². The number of phenols is 1. The Bertz CT molecular complexity index is 889. The van der Waals surface area contributed by atoms with E-state index < -0.39 is 0 Å². The van der Waals surface area contributed by atoms with Crippen LogP contribution in [0.1, 0.15) is 30.5 Å². The highest BCUT2D eigenvalue weighted by Crippen LogP contribution is 2.38. The van der Waals surface area contributed by atoms with Crippen LogP contribution in [0.4, 0.5) is 0 Å². The van der Waals surface area contributed by atoms with E-state index in [1.54, 1.807) is 26.4 Å². The minimum atomic E-state index is -0.0405. The smallest absolute Gasteiger partial charge is 0.200 e. The summed E-state index contributed by atoms with van der Waals surface area (Å²) in [6, 6.07) is 7.31. The summed E-state index contributed by atoms with van der Waals surface area (Å²) in [5.41, 5.74) is 3.75. The standard InChI is InChI=1S/C25H32O7/c1-17(2)7-10-20-21(31-15-27-3)11-18(12-22(20)32-16-28-4)8-9-19-13-23(29-5)25(26)24(14-19)30-6/h7-9,11-14,26H,10,15-16H2,1-6H3/b9-8+. The lowest BCUT2D eigenvalue weighted by atomic mass is 10.0. The second kappa shape index (κ2) is 12.6. The molecule has 0 unspecified atom stereocenters. The summed E-state index contributed by atoms with van der Waals surface area (Å²) in [6.07, 6.45) is 6.56. The van der Waals surface area contributed by atoms with Crippen molar-refractivity contribution in [3.05, 3.63) is 52.6 Å². The van der Waals surface area contributed by atoms with E-state index >= 15 is 0 Å². The Morgan fingerprint density at radius 3 is 1.56 bits per heavy atom. The second-order valence-corrected chi connectivity index (χ2v) is 7.19. The fourth-order valence-corrected chi connectivity index (χ4v) is 2.95. The predicted molar refractivity (Wildman–Crippen MR) is 125 cm³/mol. The Kier molecular flexibility index (Phi) is 9.91. The van der Waals surface area contributed by atoms with E-state index in [2.05, 4.69) is 6.08 Å². The average Bonchev–Trinajstić information content (AvgIpc) is 2.79. The second-order valence-electron chi connectivity index (χ2n) is 7.19. The van der Waals surface area contributed by atoms with Crippen molar-refractivity contribution in [3.63, 3.8) is 0 Å². The maximum absolute atomic E-state index is 10.1. The van der Waals surface area contributed by atoms with Crippen LogP contribution in [0.5, 0.6) is 28.7 Å². The topological polar surface area (TPSA) is 75.6 Å². The molecule has 0 heterocycles. The minimum absolute atomic E-state index is 0.0405. The molecular weight excluding hydrogens is 412 g/mol. The highest BCUT2D eigenvalue weighted by atomic mass is 16.7. The van der Waals surface area contributed by atoms with Crippen molar-refractivity contribution in [1.82, 2.24) is 0 Å². The van der Waals surface area contributed by atoms with Crippen molar-refractivity contribution in [1.29, 1.82) is 0 Å². The molecule has 0 amide bonds. The van der Waals surface area contributed by atoms with Crippen LogP contribution in [0.3, 0.4) is 0 Å². The van der Waals surface area contributed by atoms with Crippen molar-refractivity contribution in [3.8, 4) is 28.7 Å². The van der Waals surface area contributed by atoms with Gasteiger partial charge in [-0.15, -0.1) is 0 Å². The summed E-state index contributed by atoms with van der Waals surface area (Å²) in [4.78, 5) is 0. The summed E-state index contributed by atoms with van der Waals surface area (Å²) in [5, 5.41) is 10.1. The number of benzene rings is 2. The molecule has 1 N–H and O–H groups in total. The zero-order chi connectivity index (χ0) is 23.5. The Labute approximate surface area is 189 Å². The zero-order valence-corrected chi connectivity index (χ0v) is 19.6. The Morgan fingerprint density at radius 2 is 1.19 bits per heavy atom. The summed E-state index contributed by atoms with van der Waals surface area (Å²) in [7, 11) is 6.14. The molecule has 0 spiro atoms. The molecule has 0 saturated heterocycles. The van der Waals surface area contributed by atoms with Crippen LogP contribution >= 0.6 is 0 Å². The molecule has 0 aromatic heterocycles. The van der Waals surface area contributed by atoms with Crippen molar-refractivity contribution >= 4 is 12.2 Å². The lowest BCUT2D eigenvalue weighted by molar-refractivity contribution is 0.0448. The van der Waals surface area contributed by atoms with Gasteiger partial charge in [0.1, 0.15) is 11.5 Å². The van der Waals surface area contributed by atoms with Gasteiger partial charge in [-0.3, -0.25) is 0 Å². The minimum Gasteiger partial charge on any atom is -0.502 e. The Morgan fingerprint density at radius 1 is 0.750 bits per heavy atom. The molecule has 0 saturated carbocycles. The first-order valence-corrected chi connectivity index (χ1v) is 10.1. The number of hydrogen-bond donors (Lipinski definition) is 1. The van der Waals surface area contributed by atoms with Gasteiger partial charge in [0.2, 0.25) is 5.75 Å². The first-order valence-electron chi connectivity index (χ1n) is 10.1. The first kappa shape index (κ1) is 25.1. The molecule has 7 heteroatoms. The van der Waals surface area contributed by atoms with E-state index in [4.69, 9.17) is 28.4 Å². The molecule has 7 nitrogen and oxygen atoms in total. The largest absolute Gasteiger partial charge is 0.502 e. The highest BCUT2D eigenvalue weighted by molar-refractivity contribution is 5.74.